The van der Waals surface area contributed by atoms with Gasteiger partial charge in [-0.2, -0.15) is 0 Å². The molecule has 1 unspecified atom stereocenters. The van der Waals surface area contributed by atoms with Crippen LogP contribution in [0.3, 0.4) is 0 Å². The van der Waals surface area contributed by atoms with Crippen molar-refractivity contribution < 1.29 is 9.53 Å². The number of aromatic nitrogens is 1. The summed E-state index contributed by atoms with van der Waals surface area (Å²) >= 11 is 6.00. The minimum atomic E-state index is -0.0586. The van der Waals surface area contributed by atoms with Gasteiger partial charge in [-0.15, -0.1) is 0 Å². The van der Waals surface area contributed by atoms with Gasteiger partial charge in [0.05, 0.1) is 30.5 Å². The maximum atomic E-state index is 13.3. The van der Waals surface area contributed by atoms with Gasteiger partial charge in [0.15, 0.2) is 0 Å². The Hall–Kier alpha value is -2.11. The lowest BCUT2D eigenvalue weighted by atomic mass is 9.96. The zero-order chi connectivity index (χ0) is 19.8. The van der Waals surface area contributed by atoms with E-state index in [0.717, 1.165) is 41.3 Å². The fourth-order valence-corrected chi connectivity index (χ4v) is 4.10. The number of amides is 1. The number of pyridine rings is 1. The number of ether oxygens (including phenoxy) is 1. The van der Waals surface area contributed by atoms with E-state index in [1.165, 1.54) is 0 Å². The molecule has 1 amide bonds. The first kappa shape index (κ1) is 19.2. The fraction of sp³-hybridized carbons (Fsp3) is 0.455. The molecule has 28 heavy (non-hydrogen) atoms. The molecule has 0 aliphatic carbocycles. The largest absolute Gasteiger partial charge is 0.378 e. The molecule has 0 saturated carbocycles. The second kappa shape index (κ2) is 7.72. The van der Waals surface area contributed by atoms with Gasteiger partial charge in [-0.1, -0.05) is 37.6 Å². The third kappa shape index (κ3) is 3.49. The molecule has 148 valence electrons. The monoisotopic (exact) mass is 399 g/mol. The summed E-state index contributed by atoms with van der Waals surface area (Å²) in [7, 11) is 0. The van der Waals surface area contributed by atoms with Gasteiger partial charge < -0.3 is 14.5 Å². The lowest BCUT2D eigenvalue weighted by Gasteiger charge is -2.29. The molecule has 1 atom stereocenters. The first-order valence-corrected chi connectivity index (χ1v) is 10.3. The molecule has 2 aliphatic rings. The van der Waals surface area contributed by atoms with Crippen molar-refractivity contribution in [1.29, 1.82) is 0 Å². The van der Waals surface area contributed by atoms with Crippen molar-refractivity contribution in [1.82, 2.24) is 9.88 Å². The topological polar surface area (TPSA) is 45.7 Å². The first-order chi connectivity index (χ1) is 13.5. The summed E-state index contributed by atoms with van der Waals surface area (Å²) in [6.45, 7) is 10.00. The Labute approximate surface area is 171 Å². The van der Waals surface area contributed by atoms with E-state index in [1.807, 2.05) is 29.2 Å². The Morgan fingerprint density at radius 1 is 1.21 bits per heavy atom. The summed E-state index contributed by atoms with van der Waals surface area (Å²) in [5.74, 6) is 1.28. The van der Waals surface area contributed by atoms with Gasteiger partial charge in [0.1, 0.15) is 5.82 Å². The highest BCUT2D eigenvalue weighted by atomic mass is 35.5. The number of fused-ring (bicyclic) bond motifs is 1. The number of carbonyl (C=O) groups is 1. The van der Waals surface area contributed by atoms with Gasteiger partial charge in [-0.05, 0) is 42.2 Å². The predicted molar refractivity (Wildman–Crippen MR) is 111 cm³/mol. The Morgan fingerprint density at radius 3 is 2.54 bits per heavy atom. The molecule has 0 N–H and O–H groups in total. The zero-order valence-corrected chi connectivity index (χ0v) is 17.4. The maximum absolute atomic E-state index is 13.3. The SMILES string of the molecule is CC(C)c1cc(N2CCOCC2)nc2c1C(=O)N(Cc1ccc(Cl)cc1)C2C. The molecule has 2 aliphatic heterocycles. The van der Waals surface area contributed by atoms with Crippen molar-refractivity contribution in [3.8, 4) is 0 Å². The van der Waals surface area contributed by atoms with E-state index in [0.29, 0.717) is 24.8 Å². The number of nitrogens with zero attached hydrogens (tertiary/aromatic N) is 3. The molecule has 1 saturated heterocycles. The lowest BCUT2D eigenvalue weighted by Crippen LogP contribution is -2.37. The number of rotatable bonds is 4. The van der Waals surface area contributed by atoms with Crippen molar-refractivity contribution in [2.24, 2.45) is 0 Å². The van der Waals surface area contributed by atoms with Crippen LogP contribution in [-0.2, 0) is 11.3 Å². The highest BCUT2D eigenvalue weighted by Gasteiger charge is 2.38. The number of halogens is 1. The third-order valence-electron chi connectivity index (χ3n) is 5.63. The summed E-state index contributed by atoms with van der Waals surface area (Å²) in [5.41, 5.74) is 3.83. The Bertz CT molecular complexity index is 876. The molecule has 0 bridgehead atoms. The predicted octanol–water partition coefficient (Wildman–Crippen LogP) is 4.41. The van der Waals surface area contributed by atoms with Crippen LogP contribution in [0.25, 0.3) is 0 Å². The van der Waals surface area contributed by atoms with Gasteiger partial charge in [0, 0.05) is 24.7 Å². The molecular formula is C22H26ClN3O2. The second-order valence-electron chi connectivity index (χ2n) is 7.82. The third-order valence-corrected chi connectivity index (χ3v) is 5.88. The molecule has 4 rings (SSSR count). The van der Waals surface area contributed by atoms with Gasteiger partial charge in [0.2, 0.25) is 0 Å². The number of anilines is 1. The fourth-order valence-electron chi connectivity index (χ4n) is 3.98. The molecule has 6 heteroatoms. The average molecular weight is 400 g/mol. The zero-order valence-electron chi connectivity index (χ0n) is 16.6. The minimum absolute atomic E-state index is 0.0586. The van der Waals surface area contributed by atoms with E-state index in [2.05, 4.69) is 31.7 Å². The van der Waals surface area contributed by atoms with E-state index < -0.39 is 0 Å². The Balaban J connectivity index is 1.70. The van der Waals surface area contributed by atoms with Crippen LogP contribution in [0, 0.1) is 0 Å². The number of morpholine rings is 1. The molecule has 3 heterocycles. The van der Waals surface area contributed by atoms with Crippen LogP contribution >= 0.6 is 11.6 Å². The first-order valence-electron chi connectivity index (χ1n) is 9.88. The van der Waals surface area contributed by atoms with Gasteiger partial charge in [-0.25, -0.2) is 4.98 Å². The molecular weight excluding hydrogens is 374 g/mol. The van der Waals surface area contributed by atoms with E-state index in [9.17, 15) is 4.79 Å². The Kier molecular flexibility index (Phi) is 5.30. The number of carbonyl (C=O) groups excluding carboxylic acids is 1. The summed E-state index contributed by atoms with van der Waals surface area (Å²) in [5, 5.41) is 0.701. The molecule has 1 fully saturated rings. The van der Waals surface area contributed by atoms with Crippen LogP contribution in [0.2, 0.25) is 5.02 Å². The highest BCUT2D eigenvalue weighted by Crippen LogP contribution is 2.39. The van der Waals surface area contributed by atoms with Gasteiger partial charge in [0.25, 0.3) is 5.91 Å². The van der Waals surface area contributed by atoms with Crippen LogP contribution in [0.1, 0.15) is 59.9 Å². The summed E-state index contributed by atoms with van der Waals surface area (Å²) in [4.78, 5) is 22.4. The van der Waals surface area contributed by atoms with Crippen molar-refractivity contribution in [2.45, 2.75) is 39.3 Å². The van der Waals surface area contributed by atoms with Crippen LogP contribution in [0.5, 0.6) is 0 Å². The van der Waals surface area contributed by atoms with Crippen LogP contribution < -0.4 is 4.90 Å². The van der Waals surface area contributed by atoms with E-state index >= 15 is 0 Å². The summed E-state index contributed by atoms with van der Waals surface area (Å²) < 4.78 is 5.48. The van der Waals surface area contributed by atoms with E-state index in [4.69, 9.17) is 21.3 Å². The van der Waals surface area contributed by atoms with E-state index in [1.54, 1.807) is 0 Å². The van der Waals surface area contributed by atoms with Gasteiger partial charge >= 0.3 is 0 Å². The normalized spacial score (nSPS) is 19.5. The molecule has 0 spiro atoms. The van der Waals surface area contributed by atoms with Crippen LogP contribution in [-0.4, -0.2) is 42.1 Å². The quantitative estimate of drug-likeness (QED) is 0.763. The smallest absolute Gasteiger partial charge is 0.256 e. The maximum Gasteiger partial charge on any atom is 0.256 e. The minimum Gasteiger partial charge on any atom is -0.378 e. The summed E-state index contributed by atoms with van der Waals surface area (Å²) in [6.07, 6.45) is 0. The molecule has 5 nitrogen and oxygen atoms in total. The van der Waals surface area contributed by atoms with E-state index in [-0.39, 0.29) is 17.9 Å². The van der Waals surface area contributed by atoms with Crippen LogP contribution in [0.4, 0.5) is 5.82 Å². The van der Waals surface area contributed by atoms with Crippen molar-refractivity contribution in [2.75, 3.05) is 31.2 Å². The Morgan fingerprint density at radius 2 is 1.89 bits per heavy atom. The van der Waals surface area contributed by atoms with Crippen molar-refractivity contribution in [3.05, 3.63) is 57.7 Å². The van der Waals surface area contributed by atoms with Crippen molar-refractivity contribution in [3.63, 3.8) is 0 Å². The van der Waals surface area contributed by atoms with Crippen LogP contribution in [0.15, 0.2) is 30.3 Å². The molecule has 1 aromatic carbocycles. The van der Waals surface area contributed by atoms with Gasteiger partial charge in [-0.3, -0.25) is 4.79 Å². The lowest BCUT2D eigenvalue weighted by molar-refractivity contribution is 0.0721. The number of benzene rings is 1. The number of hydrogen-bond acceptors (Lipinski definition) is 4. The summed E-state index contributed by atoms with van der Waals surface area (Å²) in [6, 6.07) is 9.72. The molecule has 2 aromatic rings. The molecule has 1 aromatic heterocycles. The van der Waals surface area contributed by atoms with Crippen molar-refractivity contribution >= 4 is 23.3 Å². The molecule has 0 radical (unpaired) electrons. The standard InChI is InChI=1S/C22H26ClN3O2/c1-14(2)18-12-19(25-8-10-28-11-9-25)24-21-15(3)26(22(27)20(18)21)13-16-4-6-17(23)7-5-16/h4-7,12,14-15H,8-11,13H2,1-3H3. The second-order valence-corrected chi connectivity index (χ2v) is 8.26. The highest BCUT2D eigenvalue weighted by molar-refractivity contribution is 6.30. The average Bonchev–Trinajstić information content (AvgIpc) is 2.94. The number of hydrogen-bond donors (Lipinski definition) is 0.